The van der Waals surface area contributed by atoms with Gasteiger partial charge in [-0.05, 0) is 37.6 Å². The monoisotopic (exact) mass is 507 g/mol. The molecule has 4 amide bonds. The largest absolute Gasteiger partial charge is 0.408 e. The molecule has 2 aromatic heterocycles. The van der Waals surface area contributed by atoms with Gasteiger partial charge in [0.05, 0.1) is 18.3 Å². The smallest absolute Gasteiger partial charge is 0.395 e. The number of hydrogen-bond donors (Lipinski definition) is 4. The third-order valence-corrected chi connectivity index (χ3v) is 5.90. The van der Waals surface area contributed by atoms with Crippen molar-refractivity contribution in [3.8, 4) is 0 Å². The van der Waals surface area contributed by atoms with E-state index in [0.717, 1.165) is 6.92 Å². The first-order valence-corrected chi connectivity index (χ1v) is 11.2. The SMILES string of the molecule is C[C@@H](NC(=O)c1ccc2c(n1)N(C(=O)Nc1cc(C(=O)NCCO)ccn1)[C@H]1CCN2C1)C(F)(F)F. The Labute approximate surface area is 203 Å². The summed E-state index contributed by atoms with van der Waals surface area (Å²) in [5.41, 5.74) is 0.533. The number of nitrogens with zero attached hydrogens (tertiary/aromatic N) is 4. The lowest BCUT2D eigenvalue weighted by Crippen LogP contribution is -2.49. The lowest BCUT2D eigenvalue weighted by atomic mass is 10.1. The predicted octanol–water partition coefficient (Wildman–Crippen LogP) is 1.51. The van der Waals surface area contributed by atoms with Crippen molar-refractivity contribution in [2.75, 3.05) is 41.4 Å². The van der Waals surface area contributed by atoms with E-state index >= 15 is 0 Å². The lowest BCUT2D eigenvalue weighted by molar-refractivity contribution is -0.149. The molecule has 0 spiro atoms. The van der Waals surface area contributed by atoms with Gasteiger partial charge < -0.3 is 20.6 Å². The van der Waals surface area contributed by atoms with E-state index in [1.807, 2.05) is 10.2 Å². The highest BCUT2D eigenvalue weighted by Gasteiger charge is 2.41. The van der Waals surface area contributed by atoms with Gasteiger partial charge in [0.15, 0.2) is 5.82 Å². The molecule has 14 heteroatoms. The van der Waals surface area contributed by atoms with Gasteiger partial charge in [-0.15, -0.1) is 0 Å². The average molecular weight is 507 g/mol. The molecule has 2 aliphatic heterocycles. The number of fused-ring (bicyclic) bond motifs is 4. The van der Waals surface area contributed by atoms with Crippen LogP contribution in [0.1, 0.15) is 34.2 Å². The summed E-state index contributed by atoms with van der Waals surface area (Å²) in [7, 11) is 0. The maximum atomic E-state index is 13.3. The van der Waals surface area contributed by atoms with E-state index in [2.05, 4.69) is 20.6 Å². The van der Waals surface area contributed by atoms with E-state index in [9.17, 15) is 27.6 Å². The van der Waals surface area contributed by atoms with E-state index < -0.39 is 30.1 Å². The van der Waals surface area contributed by atoms with Crippen LogP contribution in [0.4, 0.5) is 35.3 Å². The summed E-state index contributed by atoms with van der Waals surface area (Å²) in [5, 5.41) is 15.9. The summed E-state index contributed by atoms with van der Waals surface area (Å²) >= 11 is 0. The van der Waals surface area contributed by atoms with Crippen LogP contribution in [0.2, 0.25) is 0 Å². The van der Waals surface area contributed by atoms with Gasteiger partial charge in [0.25, 0.3) is 11.8 Å². The molecule has 0 aromatic carbocycles. The van der Waals surface area contributed by atoms with Crippen LogP contribution >= 0.6 is 0 Å². The van der Waals surface area contributed by atoms with Gasteiger partial charge in [0.2, 0.25) is 0 Å². The first-order chi connectivity index (χ1) is 17.1. The number of nitrogens with one attached hydrogen (secondary N) is 3. The molecule has 192 valence electrons. The van der Waals surface area contributed by atoms with E-state index in [0.29, 0.717) is 25.2 Å². The molecule has 2 atom stereocenters. The molecule has 4 N–H and O–H groups in total. The van der Waals surface area contributed by atoms with Crippen molar-refractivity contribution in [2.24, 2.45) is 0 Å². The van der Waals surface area contributed by atoms with Crippen molar-refractivity contribution in [2.45, 2.75) is 31.6 Å². The number of aliphatic hydroxyl groups is 1. The Bertz CT molecular complexity index is 1180. The van der Waals surface area contributed by atoms with Crippen molar-refractivity contribution in [1.29, 1.82) is 0 Å². The van der Waals surface area contributed by atoms with Gasteiger partial charge in [-0.1, -0.05) is 0 Å². The lowest BCUT2D eigenvalue weighted by Gasteiger charge is -2.35. The Morgan fingerprint density at radius 3 is 2.72 bits per heavy atom. The van der Waals surface area contributed by atoms with Gasteiger partial charge in [0, 0.05) is 31.4 Å². The standard InChI is InChI=1S/C22H24F3N7O4/c1-12(22(23,24)25)28-20(35)15-2-3-16-18(29-15)32(14-5-8-31(16)11-14)21(36)30-17-10-13(4-6-26-17)19(34)27-7-9-33/h2-4,6,10,12,14,33H,5,7-9,11H2,1H3,(H,27,34)(H,28,35)(H,26,30,36)/t12-,14+/m1/s1. The minimum atomic E-state index is -4.61. The minimum absolute atomic E-state index is 0.0644. The zero-order chi connectivity index (χ0) is 26.0. The van der Waals surface area contributed by atoms with Crippen LogP contribution < -0.4 is 25.8 Å². The van der Waals surface area contributed by atoms with Crippen molar-refractivity contribution in [3.63, 3.8) is 0 Å². The molecule has 1 fully saturated rings. The molecule has 0 unspecified atom stereocenters. The molecule has 0 saturated carbocycles. The third-order valence-electron chi connectivity index (χ3n) is 5.90. The number of halogens is 3. The summed E-state index contributed by atoms with van der Waals surface area (Å²) in [6.07, 6.45) is -2.65. The van der Waals surface area contributed by atoms with Gasteiger partial charge >= 0.3 is 12.2 Å². The fraction of sp³-hybridized carbons (Fsp3) is 0.409. The maximum absolute atomic E-state index is 13.3. The van der Waals surface area contributed by atoms with E-state index in [4.69, 9.17) is 5.11 Å². The second kappa shape index (κ2) is 9.97. The van der Waals surface area contributed by atoms with Gasteiger partial charge in [-0.25, -0.2) is 14.8 Å². The molecule has 0 aliphatic carbocycles. The normalized spacial score (nSPS) is 17.3. The number of carbonyl (C=O) groups is 3. The van der Waals surface area contributed by atoms with Crippen molar-refractivity contribution in [1.82, 2.24) is 20.6 Å². The topological polar surface area (TPSA) is 140 Å². The molecule has 2 bridgehead atoms. The van der Waals surface area contributed by atoms with Crippen molar-refractivity contribution in [3.05, 3.63) is 41.7 Å². The van der Waals surface area contributed by atoms with Crippen LogP contribution in [-0.2, 0) is 0 Å². The summed E-state index contributed by atoms with van der Waals surface area (Å²) in [6, 6.07) is 2.72. The average Bonchev–Trinajstić information content (AvgIpc) is 3.25. The predicted molar refractivity (Wildman–Crippen MR) is 123 cm³/mol. The Kier molecular flexibility index (Phi) is 6.97. The number of hydrogen-bond acceptors (Lipinski definition) is 7. The zero-order valence-electron chi connectivity index (χ0n) is 19.2. The quantitative estimate of drug-likeness (QED) is 0.465. The highest BCUT2D eigenvalue weighted by Crippen LogP contribution is 2.39. The molecule has 2 aliphatic rings. The Morgan fingerprint density at radius 1 is 1.22 bits per heavy atom. The number of aliphatic hydroxyl groups excluding tert-OH is 1. The highest BCUT2D eigenvalue weighted by molar-refractivity contribution is 6.05. The number of pyridine rings is 2. The molecular weight excluding hydrogens is 483 g/mol. The maximum Gasteiger partial charge on any atom is 0.408 e. The molecular formula is C22H24F3N7O4. The van der Waals surface area contributed by atoms with Crippen LogP contribution in [0.3, 0.4) is 0 Å². The Hall–Kier alpha value is -3.94. The molecule has 1 saturated heterocycles. The van der Waals surface area contributed by atoms with Gasteiger partial charge in [-0.2, -0.15) is 13.2 Å². The second-order valence-electron chi connectivity index (χ2n) is 8.37. The van der Waals surface area contributed by atoms with E-state index in [-0.39, 0.29) is 42.1 Å². The van der Waals surface area contributed by atoms with Crippen molar-refractivity contribution >= 4 is 35.2 Å². The number of urea groups is 1. The van der Waals surface area contributed by atoms with Crippen molar-refractivity contribution < 1.29 is 32.7 Å². The highest BCUT2D eigenvalue weighted by atomic mass is 19.4. The molecule has 11 nitrogen and oxygen atoms in total. The van der Waals surface area contributed by atoms with Crippen LogP contribution in [0.5, 0.6) is 0 Å². The Balaban J connectivity index is 1.57. The minimum Gasteiger partial charge on any atom is -0.395 e. The van der Waals surface area contributed by atoms with E-state index in [1.165, 1.54) is 29.3 Å². The van der Waals surface area contributed by atoms with Crippen LogP contribution in [0, 0.1) is 0 Å². The number of carbonyl (C=O) groups excluding carboxylic acids is 3. The summed E-state index contributed by atoms with van der Waals surface area (Å²) < 4.78 is 38.6. The Morgan fingerprint density at radius 2 is 2.00 bits per heavy atom. The van der Waals surface area contributed by atoms with Crippen LogP contribution in [-0.4, -0.2) is 77.4 Å². The first kappa shape index (κ1) is 25.2. The third kappa shape index (κ3) is 5.17. The summed E-state index contributed by atoms with van der Waals surface area (Å²) in [4.78, 5) is 49.6. The summed E-state index contributed by atoms with van der Waals surface area (Å²) in [6.45, 7) is 1.83. The number of aromatic nitrogens is 2. The zero-order valence-corrected chi connectivity index (χ0v) is 19.2. The number of anilines is 3. The fourth-order valence-electron chi connectivity index (χ4n) is 4.03. The molecule has 36 heavy (non-hydrogen) atoms. The molecule has 4 heterocycles. The fourth-order valence-corrected chi connectivity index (χ4v) is 4.03. The van der Waals surface area contributed by atoms with Crippen LogP contribution in [0.15, 0.2) is 30.5 Å². The number of rotatable bonds is 6. The van der Waals surface area contributed by atoms with Crippen LogP contribution in [0.25, 0.3) is 0 Å². The molecule has 4 rings (SSSR count). The molecule has 0 radical (unpaired) electrons. The molecule has 2 aromatic rings. The number of alkyl halides is 3. The first-order valence-electron chi connectivity index (χ1n) is 11.2. The van der Waals surface area contributed by atoms with Gasteiger partial charge in [-0.3, -0.25) is 19.8 Å². The second-order valence-corrected chi connectivity index (χ2v) is 8.37. The summed E-state index contributed by atoms with van der Waals surface area (Å²) in [5.74, 6) is -1.24. The number of amides is 4. The van der Waals surface area contributed by atoms with Gasteiger partial charge in [0.1, 0.15) is 17.6 Å². The van der Waals surface area contributed by atoms with E-state index in [1.54, 1.807) is 6.07 Å².